The summed E-state index contributed by atoms with van der Waals surface area (Å²) in [6.45, 7) is 2.71. The molecule has 0 fully saturated rings. The topological polar surface area (TPSA) is 71.1 Å². The first-order valence-corrected chi connectivity index (χ1v) is 5.25. The minimum Gasteiger partial charge on any atom is -0.497 e. The molecule has 0 aliphatic carbocycles. The predicted octanol–water partition coefficient (Wildman–Crippen LogP) is 1.72. The largest absolute Gasteiger partial charge is 0.497 e. The van der Waals surface area contributed by atoms with Gasteiger partial charge in [0, 0.05) is 18.7 Å². The second-order valence-corrected chi connectivity index (χ2v) is 3.72. The minimum atomic E-state index is 0.156. The number of nitrogens with zero attached hydrogens (tertiary/aromatic N) is 1. The number of hydrogen-bond donors (Lipinski definition) is 2. The SMILES string of the molecule is COc1ccc(C#N)c(NCCC(C)N)c1. The normalized spacial score (nSPS) is 11.6. The van der Waals surface area contributed by atoms with Crippen LogP contribution in [-0.2, 0) is 0 Å². The van der Waals surface area contributed by atoms with Gasteiger partial charge in [-0.1, -0.05) is 0 Å². The van der Waals surface area contributed by atoms with Gasteiger partial charge in [-0.05, 0) is 25.5 Å². The average Bonchev–Trinajstić information content (AvgIpc) is 2.28. The van der Waals surface area contributed by atoms with Crippen molar-refractivity contribution in [2.45, 2.75) is 19.4 Å². The second kappa shape index (κ2) is 5.99. The summed E-state index contributed by atoms with van der Waals surface area (Å²) in [5.41, 5.74) is 7.06. The Kier molecular flexibility index (Phi) is 4.62. The molecular formula is C12H17N3O. The number of methoxy groups -OCH3 is 1. The van der Waals surface area contributed by atoms with Crippen LogP contribution in [0.2, 0.25) is 0 Å². The van der Waals surface area contributed by atoms with Crippen molar-refractivity contribution in [3.05, 3.63) is 23.8 Å². The molecule has 0 aliphatic rings. The van der Waals surface area contributed by atoms with Gasteiger partial charge in [0.1, 0.15) is 11.8 Å². The number of nitriles is 1. The first-order chi connectivity index (χ1) is 7.67. The fourth-order valence-electron chi connectivity index (χ4n) is 1.33. The number of benzene rings is 1. The van der Waals surface area contributed by atoms with Gasteiger partial charge < -0.3 is 15.8 Å². The van der Waals surface area contributed by atoms with E-state index in [0.717, 1.165) is 24.4 Å². The molecular weight excluding hydrogens is 202 g/mol. The van der Waals surface area contributed by atoms with E-state index < -0.39 is 0 Å². The second-order valence-electron chi connectivity index (χ2n) is 3.72. The summed E-state index contributed by atoms with van der Waals surface area (Å²) in [5, 5.41) is 12.1. The lowest BCUT2D eigenvalue weighted by atomic mass is 10.1. The summed E-state index contributed by atoms with van der Waals surface area (Å²) in [4.78, 5) is 0. The van der Waals surface area contributed by atoms with E-state index in [1.807, 2.05) is 13.0 Å². The molecule has 0 aromatic heterocycles. The van der Waals surface area contributed by atoms with Crippen molar-refractivity contribution in [1.29, 1.82) is 5.26 Å². The molecule has 0 amide bonds. The van der Waals surface area contributed by atoms with Crippen LogP contribution in [0, 0.1) is 11.3 Å². The molecule has 1 aromatic carbocycles. The summed E-state index contributed by atoms with van der Waals surface area (Å²) in [7, 11) is 1.60. The minimum absolute atomic E-state index is 0.156. The van der Waals surface area contributed by atoms with Crippen LogP contribution < -0.4 is 15.8 Å². The molecule has 3 N–H and O–H groups in total. The molecule has 4 nitrogen and oxygen atoms in total. The Morgan fingerprint density at radius 2 is 2.31 bits per heavy atom. The molecule has 86 valence electrons. The molecule has 1 aromatic rings. The van der Waals surface area contributed by atoms with Gasteiger partial charge in [-0.3, -0.25) is 0 Å². The Labute approximate surface area is 96.0 Å². The summed E-state index contributed by atoms with van der Waals surface area (Å²) in [6, 6.07) is 7.63. The van der Waals surface area contributed by atoms with Gasteiger partial charge in [0.2, 0.25) is 0 Å². The number of nitrogens with one attached hydrogen (secondary N) is 1. The fraction of sp³-hybridized carbons (Fsp3) is 0.417. The third-order valence-corrected chi connectivity index (χ3v) is 2.26. The summed E-state index contributed by atoms with van der Waals surface area (Å²) in [6.07, 6.45) is 0.863. The van der Waals surface area contributed by atoms with Gasteiger partial charge in [-0.2, -0.15) is 5.26 Å². The fourth-order valence-corrected chi connectivity index (χ4v) is 1.33. The Morgan fingerprint density at radius 3 is 2.88 bits per heavy atom. The van der Waals surface area contributed by atoms with Crippen molar-refractivity contribution >= 4 is 5.69 Å². The lowest BCUT2D eigenvalue weighted by molar-refractivity contribution is 0.415. The lowest BCUT2D eigenvalue weighted by Crippen LogP contribution is -2.19. The Morgan fingerprint density at radius 1 is 1.56 bits per heavy atom. The van der Waals surface area contributed by atoms with Crippen molar-refractivity contribution in [3.8, 4) is 11.8 Å². The average molecular weight is 219 g/mol. The van der Waals surface area contributed by atoms with Crippen molar-refractivity contribution in [3.63, 3.8) is 0 Å². The van der Waals surface area contributed by atoms with E-state index in [1.165, 1.54) is 0 Å². The predicted molar refractivity (Wildman–Crippen MR) is 64.5 cm³/mol. The van der Waals surface area contributed by atoms with E-state index in [2.05, 4.69) is 11.4 Å². The van der Waals surface area contributed by atoms with Gasteiger partial charge in [0.15, 0.2) is 0 Å². The van der Waals surface area contributed by atoms with Crippen molar-refractivity contribution in [1.82, 2.24) is 0 Å². The zero-order valence-electron chi connectivity index (χ0n) is 9.66. The highest BCUT2D eigenvalue weighted by molar-refractivity contribution is 5.60. The highest BCUT2D eigenvalue weighted by Crippen LogP contribution is 2.21. The Hall–Kier alpha value is -1.73. The molecule has 0 saturated carbocycles. The molecule has 0 bridgehead atoms. The van der Waals surface area contributed by atoms with E-state index in [4.69, 9.17) is 15.7 Å². The van der Waals surface area contributed by atoms with Crippen LogP contribution in [0.1, 0.15) is 18.9 Å². The summed E-state index contributed by atoms with van der Waals surface area (Å²) >= 11 is 0. The maximum Gasteiger partial charge on any atom is 0.121 e. The number of ether oxygens (including phenoxy) is 1. The van der Waals surface area contributed by atoms with Crippen molar-refractivity contribution in [2.24, 2.45) is 5.73 Å². The van der Waals surface area contributed by atoms with Gasteiger partial charge in [-0.25, -0.2) is 0 Å². The molecule has 0 aliphatic heterocycles. The maximum atomic E-state index is 8.94. The number of anilines is 1. The van der Waals surface area contributed by atoms with Crippen molar-refractivity contribution in [2.75, 3.05) is 19.0 Å². The number of nitrogens with two attached hydrogens (primary N) is 1. The van der Waals surface area contributed by atoms with E-state index in [0.29, 0.717) is 5.56 Å². The van der Waals surface area contributed by atoms with E-state index in [9.17, 15) is 0 Å². The van der Waals surface area contributed by atoms with Crippen LogP contribution in [0.15, 0.2) is 18.2 Å². The standard InChI is InChI=1S/C12H17N3O/c1-9(14)5-6-15-12-7-11(16-2)4-3-10(12)8-13/h3-4,7,9,15H,5-6,14H2,1-2H3. The lowest BCUT2D eigenvalue weighted by Gasteiger charge is -2.11. The number of rotatable bonds is 5. The van der Waals surface area contributed by atoms with Gasteiger partial charge in [-0.15, -0.1) is 0 Å². The molecule has 1 atom stereocenters. The van der Waals surface area contributed by atoms with Crippen molar-refractivity contribution < 1.29 is 4.74 Å². The zero-order chi connectivity index (χ0) is 12.0. The zero-order valence-corrected chi connectivity index (χ0v) is 9.66. The highest BCUT2D eigenvalue weighted by Gasteiger charge is 2.03. The molecule has 1 rings (SSSR count). The van der Waals surface area contributed by atoms with Crippen LogP contribution >= 0.6 is 0 Å². The first-order valence-electron chi connectivity index (χ1n) is 5.25. The summed E-state index contributed by atoms with van der Waals surface area (Å²) in [5.74, 6) is 0.738. The van der Waals surface area contributed by atoms with Gasteiger partial charge in [0.25, 0.3) is 0 Å². The Bertz CT molecular complexity index is 382. The van der Waals surface area contributed by atoms with Crippen LogP contribution in [0.5, 0.6) is 5.75 Å². The smallest absolute Gasteiger partial charge is 0.121 e. The van der Waals surface area contributed by atoms with Gasteiger partial charge in [0.05, 0.1) is 18.4 Å². The van der Waals surface area contributed by atoms with Crippen LogP contribution in [0.4, 0.5) is 5.69 Å². The molecule has 4 heteroatoms. The first kappa shape index (κ1) is 12.3. The number of hydrogen-bond acceptors (Lipinski definition) is 4. The van der Waals surface area contributed by atoms with Crippen LogP contribution in [-0.4, -0.2) is 19.7 Å². The molecule has 0 spiro atoms. The van der Waals surface area contributed by atoms with E-state index >= 15 is 0 Å². The molecule has 0 saturated heterocycles. The quantitative estimate of drug-likeness (QED) is 0.791. The molecule has 0 heterocycles. The third kappa shape index (κ3) is 3.44. The molecule has 16 heavy (non-hydrogen) atoms. The van der Waals surface area contributed by atoms with E-state index in [-0.39, 0.29) is 6.04 Å². The maximum absolute atomic E-state index is 8.94. The Balaban J connectivity index is 2.72. The van der Waals surface area contributed by atoms with Crippen LogP contribution in [0.3, 0.4) is 0 Å². The van der Waals surface area contributed by atoms with Crippen LogP contribution in [0.25, 0.3) is 0 Å². The summed E-state index contributed by atoms with van der Waals surface area (Å²) < 4.78 is 5.11. The van der Waals surface area contributed by atoms with E-state index in [1.54, 1.807) is 19.2 Å². The molecule has 1 unspecified atom stereocenters. The van der Waals surface area contributed by atoms with Gasteiger partial charge >= 0.3 is 0 Å². The molecule has 0 radical (unpaired) electrons. The third-order valence-electron chi connectivity index (χ3n) is 2.26. The monoisotopic (exact) mass is 219 g/mol. The highest BCUT2D eigenvalue weighted by atomic mass is 16.5.